The lowest BCUT2D eigenvalue weighted by Gasteiger charge is -2.09. The van der Waals surface area contributed by atoms with Crippen LogP contribution in [-0.2, 0) is 4.74 Å². The van der Waals surface area contributed by atoms with Crippen molar-refractivity contribution in [3.8, 4) is 0 Å². The molecule has 3 nitrogen and oxygen atoms in total. The first kappa shape index (κ1) is 9.27. The third-order valence-electron chi connectivity index (χ3n) is 2.03. The molecule has 1 atom stereocenters. The van der Waals surface area contributed by atoms with Crippen LogP contribution in [0.15, 0.2) is 18.2 Å². The lowest BCUT2D eigenvalue weighted by molar-refractivity contribution is 0.177. The normalized spacial score (nSPS) is 20.4. The lowest BCUT2D eigenvalue weighted by Crippen LogP contribution is -2.19. The number of hydrogen-bond donors (Lipinski definition) is 1. The van der Waals surface area contributed by atoms with Crippen molar-refractivity contribution in [1.29, 1.82) is 0 Å². The Kier molecular flexibility index (Phi) is 2.29. The van der Waals surface area contributed by atoms with Gasteiger partial charge in [-0.3, -0.25) is 0 Å². The summed E-state index contributed by atoms with van der Waals surface area (Å²) in [5.41, 5.74) is 0.350. The molecule has 1 N–H and O–H groups in total. The Morgan fingerprint density at radius 2 is 2.36 bits per heavy atom. The Hall–Kier alpha value is -1.29. The molecule has 0 unspecified atom stereocenters. The number of rotatable bonds is 1. The molecule has 14 heavy (non-hydrogen) atoms. The van der Waals surface area contributed by atoms with E-state index in [1.807, 2.05) is 0 Å². The molecule has 74 valence electrons. The number of alkyl carbamates (subject to hydrolysis) is 1. The number of hydrogen-bond acceptors (Lipinski definition) is 2. The van der Waals surface area contributed by atoms with Crippen LogP contribution in [0.3, 0.4) is 0 Å². The summed E-state index contributed by atoms with van der Waals surface area (Å²) in [5, 5.41) is 2.52. The van der Waals surface area contributed by atoms with Crippen molar-refractivity contribution in [2.24, 2.45) is 0 Å². The molecule has 0 radical (unpaired) electrons. The molecule has 1 heterocycles. The summed E-state index contributed by atoms with van der Waals surface area (Å²) < 4.78 is 18.1. The molecule has 1 aromatic rings. The van der Waals surface area contributed by atoms with Gasteiger partial charge in [-0.25, -0.2) is 9.18 Å². The highest BCUT2D eigenvalue weighted by Gasteiger charge is 2.26. The minimum Gasteiger partial charge on any atom is -0.447 e. The van der Waals surface area contributed by atoms with Crippen molar-refractivity contribution in [2.75, 3.05) is 6.61 Å². The first-order chi connectivity index (χ1) is 6.68. The fourth-order valence-electron chi connectivity index (χ4n) is 1.34. The zero-order valence-electron chi connectivity index (χ0n) is 7.09. The van der Waals surface area contributed by atoms with Crippen molar-refractivity contribution in [1.82, 2.24) is 5.32 Å². The quantitative estimate of drug-likeness (QED) is 0.781. The number of carbonyl (C=O) groups excluding carboxylic acids is 1. The first-order valence-corrected chi connectivity index (χ1v) is 4.43. The Morgan fingerprint density at radius 1 is 1.57 bits per heavy atom. The van der Waals surface area contributed by atoms with Crippen molar-refractivity contribution in [2.45, 2.75) is 6.04 Å². The van der Waals surface area contributed by atoms with Crippen molar-refractivity contribution >= 4 is 17.7 Å². The first-order valence-electron chi connectivity index (χ1n) is 4.05. The van der Waals surface area contributed by atoms with Crippen LogP contribution in [0.4, 0.5) is 9.18 Å². The molecule has 1 saturated heterocycles. The van der Waals surface area contributed by atoms with E-state index in [0.717, 1.165) is 0 Å². The van der Waals surface area contributed by atoms with E-state index in [1.54, 1.807) is 12.1 Å². The molecule has 1 aliphatic rings. The van der Waals surface area contributed by atoms with Gasteiger partial charge in [-0.2, -0.15) is 0 Å². The standard InChI is InChI=1S/C9H7ClFNO2/c10-6-3-1-2-5(8(6)11)7-4-14-9(13)12-7/h1-3,7H,4H2,(H,12,13)/t7-/m0/s1. The third kappa shape index (κ3) is 1.53. The van der Waals surface area contributed by atoms with E-state index in [9.17, 15) is 9.18 Å². The van der Waals surface area contributed by atoms with Gasteiger partial charge in [0.05, 0.1) is 11.1 Å². The molecule has 0 aliphatic carbocycles. The van der Waals surface area contributed by atoms with Crippen LogP contribution in [0.1, 0.15) is 11.6 Å². The minimum absolute atomic E-state index is 0.0450. The maximum atomic E-state index is 13.4. The van der Waals surface area contributed by atoms with E-state index in [4.69, 9.17) is 11.6 Å². The zero-order valence-corrected chi connectivity index (χ0v) is 7.84. The Bertz CT molecular complexity index is 383. The van der Waals surface area contributed by atoms with E-state index in [2.05, 4.69) is 10.1 Å². The molecule has 0 saturated carbocycles. The molecule has 5 heteroatoms. The summed E-state index contributed by atoms with van der Waals surface area (Å²) >= 11 is 5.60. The van der Waals surface area contributed by atoms with Gasteiger partial charge in [0.25, 0.3) is 0 Å². The van der Waals surface area contributed by atoms with E-state index >= 15 is 0 Å². The number of carbonyl (C=O) groups is 1. The topological polar surface area (TPSA) is 38.3 Å². The predicted octanol–water partition coefficient (Wildman–Crippen LogP) is 2.26. The highest BCUT2D eigenvalue weighted by Crippen LogP contribution is 2.25. The van der Waals surface area contributed by atoms with Gasteiger partial charge in [-0.1, -0.05) is 23.7 Å². The molecule has 1 amide bonds. The highest BCUT2D eigenvalue weighted by atomic mass is 35.5. The van der Waals surface area contributed by atoms with Crippen LogP contribution in [0.25, 0.3) is 0 Å². The predicted molar refractivity (Wildman–Crippen MR) is 48.6 cm³/mol. The second kappa shape index (κ2) is 3.46. The van der Waals surface area contributed by atoms with E-state index in [0.29, 0.717) is 5.56 Å². The van der Waals surface area contributed by atoms with E-state index in [-0.39, 0.29) is 11.6 Å². The number of nitrogens with one attached hydrogen (secondary N) is 1. The van der Waals surface area contributed by atoms with Crippen molar-refractivity contribution in [3.63, 3.8) is 0 Å². The van der Waals surface area contributed by atoms with Gasteiger partial charge in [0.2, 0.25) is 0 Å². The Labute approximate surface area is 84.8 Å². The van der Waals surface area contributed by atoms with Crippen LogP contribution in [0.2, 0.25) is 5.02 Å². The monoisotopic (exact) mass is 215 g/mol. The molecule has 2 rings (SSSR count). The minimum atomic E-state index is -0.533. The zero-order chi connectivity index (χ0) is 10.1. The number of ether oxygens (including phenoxy) is 1. The number of halogens is 2. The second-order valence-electron chi connectivity index (χ2n) is 2.94. The van der Waals surface area contributed by atoms with E-state index < -0.39 is 18.0 Å². The van der Waals surface area contributed by atoms with Crippen molar-refractivity contribution in [3.05, 3.63) is 34.6 Å². The average molecular weight is 216 g/mol. The number of cyclic esters (lactones) is 1. The maximum absolute atomic E-state index is 13.4. The second-order valence-corrected chi connectivity index (χ2v) is 3.35. The summed E-state index contributed by atoms with van der Waals surface area (Å²) in [6.45, 7) is 0.135. The van der Waals surface area contributed by atoms with Gasteiger partial charge in [0, 0.05) is 5.56 Å². The molecule has 0 bridgehead atoms. The molecule has 0 spiro atoms. The number of amides is 1. The lowest BCUT2D eigenvalue weighted by atomic mass is 10.1. The van der Waals surface area contributed by atoms with E-state index in [1.165, 1.54) is 6.07 Å². The Morgan fingerprint density at radius 3 is 3.00 bits per heavy atom. The summed E-state index contributed by atoms with van der Waals surface area (Å²) in [7, 11) is 0. The van der Waals surface area contributed by atoms with Crippen LogP contribution in [0.5, 0.6) is 0 Å². The molecule has 1 fully saturated rings. The summed E-state index contributed by atoms with van der Waals surface area (Å²) in [4.78, 5) is 10.7. The molecule has 1 aliphatic heterocycles. The maximum Gasteiger partial charge on any atom is 0.407 e. The van der Waals surface area contributed by atoms with Crippen LogP contribution in [-0.4, -0.2) is 12.7 Å². The van der Waals surface area contributed by atoms with Gasteiger partial charge in [-0.05, 0) is 6.07 Å². The largest absolute Gasteiger partial charge is 0.447 e. The van der Waals surface area contributed by atoms with Gasteiger partial charge < -0.3 is 10.1 Å². The fourth-order valence-corrected chi connectivity index (χ4v) is 1.52. The molecule has 1 aromatic carbocycles. The Balaban J connectivity index is 2.32. The smallest absolute Gasteiger partial charge is 0.407 e. The average Bonchev–Trinajstić information content (AvgIpc) is 2.57. The van der Waals surface area contributed by atoms with Gasteiger partial charge >= 0.3 is 6.09 Å². The van der Waals surface area contributed by atoms with Crippen LogP contribution < -0.4 is 5.32 Å². The van der Waals surface area contributed by atoms with Crippen molar-refractivity contribution < 1.29 is 13.9 Å². The van der Waals surface area contributed by atoms with Gasteiger partial charge in [0.1, 0.15) is 12.4 Å². The van der Waals surface area contributed by atoms with Crippen LogP contribution >= 0.6 is 11.6 Å². The third-order valence-corrected chi connectivity index (χ3v) is 2.32. The molecular weight excluding hydrogens is 209 g/mol. The van der Waals surface area contributed by atoms with Gasteiger partial charge in [-0.15, -0.1) is 0 Å². The fraction of sp³-hybridized carbons (Fsp3) is 0.222. The summed E-state index contributed by atoms with van der Waals surface area (Å²) in [6, 6.07) is 4.21. The molecule has 0 aromatic heterocycles. The molecular formula is C9H7ClFNO2. The SMILES string of the molecule is O=C1N[C@H](c2cccc(Cl)c2F)CO1. The van der Waals surface area contributed by atoms with Gasteiger partial charge in [0.15, 0.2) is 0 Å². The number of benzene rings is 1. The van der Waals surface area contributed by atoms with Crippen LogP contribution in [0, 0.1) is 5.82 Å². The highest BCUT2D eigenvalue weighted by molar-refractivity contribution is 6.30. The summed E-state index contributed by atoms with van der Waals surface area (Å²) in [6.07, 6.45) is -0.533. The summed E-state index contributed by atoms with van der Waals surface area (Å²) in [5.74, 6) is -0.509.